The lowest BCUT2D eigenvalue weighted by molar-refractivity contribution is -0.115. The summed E-state index contributed by atoms with van der Waals surface area (Å²) in [6.07, 6.45) is -1.83. The Labute approximate surface area is 258 Å². The van der Waals surface area contributed by atoms with E-state index in [-0.39, 0.29) is 48.7 Å². The summed E-state index contributed by atoms with van der Waals surface area (Å²) in [5.74, 6) is -0.533. The zero-order chi connectivity index (χ0) is 32.3. The lowest BCUT2D eigenvalue weighted by atomic mass is 10.0. The number of carbonyl (C=O) groups excluding carboxylic acids is 3. The maximum atomic E-state index is 13.7. The van der Waals surface area contributed by atoms with Crippen molar-refractivity contribution in [3.63, 3.8) is 0 Å². The molecule has 44 heavy (non-hydrogen) atoms. The average Bonchev–Trinajstić information content (AvgIpc) is 2.96. The largest absolute Gasteiger partial charge is 0.445 e. The molecule has 0 bridgehead atoms. The van der Waals surface area contributed by atoms with Gasteiger partial charge >= 0.3 is 6.09 Å². The molecule has 0 fully saturated rings. The fourth-order valence-electron chi connectivity index (χ4n) is 4.46. The first-order valence-corrected chi connectivity index (χ1v) is 15.7. The number of sulfonamides is 1. The Morgan fingerprint density at radius 2 is 1.34 bits per heavy atom. The van der Waals surface area contributed by atoms with Crippen molar-refractivity contribution < 1.29 is 32.6 Å². The molecule has 12 heteroatoms. The highest BCUT2D eigenvalue weighted by atomic mass is 32.2. The fourth-order valence-corrected chi connectivity index (χ4v) is 6.08. The van der Waals surface area contributed by atoms with Gasteiger partial charge in [-0.2, -0.15) is 4.31 Å². The van der Waals surface area contributed by atoms with Crippen LogP contribution in [0.4, 0.5) is 16.2 Å². The zero-order valence-corrected chi connectivity index (χ0v) is 26.1. The second-order valence-corrected chi connectivity index (χ2v) is 12.8. The van der Waals surface area contributed by atoms with E-state index in [1.165, 1.54) is 42.4 Å². The van der Waals surface area contributed by atoms with Gasteiger partial charge in [0, 0.05) is 38.3 Å². The van der Waals surface area contributed by atoms with E-state index in [1.807, 2.05) is 44.2 Å². The average molecular weight is 625 g/mol. The summed E-state index contributed by atoms with van der Waals surface area (Å²) in [4.78, 5) is 35.5. The zero-order valence-electron chi connectivity index (χ0n) is 25.3. The number of aliphatic hydroxyl groups is 1. The number of carbonyl (C=O) groups is 3. The van der Waals surface area contributed by atoms with Crippen LogP contribution < -0.4 is 16.0 Å². The standard InChI is InChI=1S/C32H40N4O7S/c1-22(2)19-36(44(41,42)29-16-14-28(15-17-29)34-24(4)38)20-31(39)30(18-25-8-6-5-7-9-25)35-32(40)43-21-26-10-12-27(13-11-26)33-23(3)37/h5-17,22,30-31,39H,18-21H2,1-4H3,(H,33,37)(H,34,38)(H,35,40)/t30-,31+/m0/s1. The Hall–Kier alpha value is -4.26. The molecule has 3 aromatic carbocycles. The van der Waals surface area contributed by atoms with Crippen LogP contribution in [0.2, 0.25) is 0 Å². The van der Waals surface area contributed by atoms with Crippen LogP contribution in [0, 0.1) is 5.92 Å². The highest BCUT2D eigenvalue weighted by Crippen LogP contribution is 2.21. The Morgan fingerprint density at radius 3 is 1.86 bits per heavy atom. The molecule has 0 saturated heterocycles. The molecule has 0 heterocycles. The molecule has 0 saturated carbocycles. The maximum Gasteiger partial charge on any atom is 0.407 e. The van der Waals surface area contributed by atoms with Gasteiger partial charge in [-0.15, -0.1) is 0 Å². The number of nitrogens with one attached hydrogen (secondary N) is 3. The lowest BCUT2D eigenvalue weighted by Crippen LogP contribution is -2.51. The lowest BCUT2D eigenvalue weighted by Gasteiger charge is -2.30. The van der Waals surface area contributed by atoms with Crippen LogP contribution in [-0.4, -0.2) is 61.0 Å². The summed E-state index contributed by atoms with van der Waals surface area (Å²) in [5.41, 5.74) is 2.59. The van der Waals surface area contributed by atoms with E-state index >= 15 is 0 Å². The molecule has 3 aromatic rings. The molecule has 2 atom stereocenters. The number of rotatable bonds is 14. The number of amides is 3. The van der Waals surface area contributed by atoms with Crippen molar-refractivity contribution in [1.29, 1.82) is 0 Å². The number of hydrogen-bond acceptors (Lipinski definition) is 7. The van der Waals surface area contributed by atoms with Gasteiger partial charge in [-0.05, 0) is 59.9 Å². The number of alkyl carbamates (subject to hydrolysis) is 1. The van der Waals surface area contributed by atoms with E-state index in [1.54, 1.807) is 24.3 Å². The van der Waals surface area contributed by atoms with E-state index < -0.39 is 28.3 Å². The molecule has 0 radical (unpaired) electrons. The number of aliphatic hydroxyl groups excluding tert-OH is 1. The summed E-state index contributed by atoms with van der Waals surface area (Å²) < 4.78 is 34.0. The van der Waals surface area contributed by atoms with Crippen molar-refractivity contribution in [3.8, 4) is 0 Å². The Bertz CT molecular complexity index is 1500. The third-order valence-electron chi connectivity index (χ3n) is 6.48. The first kappa shape index (κ1) is 34.2. The van der Waals surface area contributed by atoms with Gasteiger partial charge in [-0.3, -0.25) is 9.59 Å². The molecule has 0 aromatic heterocycles. The molecule has 4 N–H and O–H groups in total. The van der Waals surface area contributed by atoms with E-state index in [2.05, 4.69) is 16.0 Å². The van der Waals surface area contributed by atoms with Crippen molar-refractivity contribution in [2.24, 2.45) is 5.92 Å². The number of hydrogen-bond donors (Lipinski definition) is 4. The van der Waals surface area contributed by atoms with Crippen LogP contribution in [-0.2, 0) is 37.4 Å². The quantitative estimate of drug-likeness (QED) is 0.210. The smallest absolute Gasteiger partial charge is 0.407 e. The van der Waals surface area contributed by atoms with Gasteiger partial charge in [0.1, 0.15) is 6.61 Å². The minimum Gasteiger partial charge on any atom is -0.445 e. The normalized spacial score (nSPS) is 12.8. The minimum absolute atomic E-state index is 0.0101. The molecule has 0 aliphatic heterocycles. The van der Waals surface area contributed by atoms with Crippen molar-refractivity contribution in [2.45, 2.75) is 57.8 Å². The summed E-state index contributed by atoms with van der Waals surface area (Å²) in [7, 11) is -4.04. The predicted octanol–water partition coefficient (Wildman–Crippen LogP) is 4.15. The van der Waals surface area contributed by atoms with Crippen LogP contribution in [0.5, 0.6) is 0 Å². The second-order valence-electron chi connectivity index (χ2n) is 10.9. The first-order chi connectivity index (χ1) is 20.8. The molecule has 11 nitrogen and oxygen atoms in total. The summed E-state index contributed by atoms with van der Waals surface area (Å²) in [5, 5.41) is 19.4. The minimum atomic E-state index is -4.04. The number of nitrogens with zero attached hydrogens (tertiary/aromatic N) is 1. The third-order valence-corrected chi connectivity index (χ3v) is 8.33. The molecule has 3 amide bonds. The van der Waals surface area contributed by atoms with Crippen molar-refractivity contribution in [3.05, 3.63) is 90.0 Å². The topological polar surface area (TPSA) is 154 Å². The van der Waals surface area contributed by atoms with E-state index in [4.69, 9.17) is 4.74 Å². The van der Waals surface area contributed by atoms with Crippen LogP contribution in [0.1, 0.15) is 38.8 Å². The van der Waals surface area contributed by atoms with Gasteiger partial charge in [0.15, 0.2) is 0 Å². The van der Waals surface area contributed by atoms with Crippen molar-refractivity contribution >= 4 is 39.3 Å². The molecule has 0 aliphatic carbocycles. The van der Waals surface area contributed by atoms with E-state index in [0.717, 1.165) is 5.56 Å². The number of ether oxygens (including phenoxy) is 1. The highest BCUT2D eigenvalue weighted by Gasteiger charge is 2.31. The fraction of sp³-hybridized carbons (Fsp3) is 0.344. The maximum absolute atomic E-state index is 13.7. The van der Waals surface area contributed by atoms with Crippen LogP contribution in [0.15, 0.2) is 83.8 Å². The van der Waals surface area contributed by atoms with E-state index in [9.17, 15) is 27.9 Å². The molecule has 0 aliphatic rings. The summed E-state index contributed by atoms with van der Waals surface area (Å²) >= 11 is 0. The van der Waals surface area contributed by atoms with Gasteiger partial charge in [0.25, 0.3) is 0 Å². The monoisotopic (exact) mass is 624 g/mol. The van der Waals surface area contributed by atoms with Gasteiger partial charge in [0.2, 0.25) is 21.8 Å². The molecule has 0 unspecified atom stereocenters. The molecule has 0 spiro atoms. The molecule has 3 rings (SSSR count). The Kier molecular flexibility index (Phi) is 12.4. The Morgan fingerprint density at radius 1 is 0.795 bits per heavy atom. The predicted molar refractivity (Wildman–Crippen MR) is 168 cm³/mol. The Balaban J connectivity index is 1.76. The highest BCUT2D eigenvalue weighted by molar-refractivity contribution is 7.89. The van der Waals surface area contributed by atoms with Crippen LogP contribution in [0.25, 0.3) is 0 Å². The second kappa shape index (κ2) is 16.0. The summed E-state index contributed by atoms with van der Waals surface area (Å²) in [6.45, 7) is 6.30. The molecular weight excluding hydrogens is 584 g/mol. The number of anilines is 2. The SMILES string of the molecule is CC(=O)Nc1ccc(COC(=O)N[C@@H](Cc2ccccc2)[C@H](O)CN(CC(C)C)S(=O)(=O)c2ccc(NC(C)=O)cc2)cc1. The van der Waals surface area contributed by atoms with Crippen molar-refractivity contribution in [2.75, 3.05) is 23.7 Å². The molecular formula is C32H40N4O7S. The van der Waals surface area contributed by atoms with Gasteiger partial charge < -0.3 is 25.8 Å². The van der Waals surface area contributed by atoms with Crippen molar-refractivity contribution in [1.82, 2.24) is 9.62 Å². The molecule has 236 valence electrons. The van der Waals surface area contributed by atoms with E-state index in [0.29, 0.717) is 16.9 Å². The van der Waals surface area contributed by atoms with Crippen LogP contribution in [0.3, 0.4) is 0 Å². The van der Waals surface area contributed by atoms with Crippen LogP contribution >= 0.6 is 0 Å². The van der Waals surface area contributed by atoms with Gasteiger partial charge in [-0.25, -0.2) is 13.2 Å². The third kappa shape index (κ3) is 10.8. The first-order valence-electron chi connectivity index (χ1n) is 14.2. The van der Waals surface area contributed by atoms with Gasteiger partial charge in [0.05, 0.1) is 17.0 Å². The van der Waals surface area contributed by atoms with Gasteiger partial charge in [-0.1, -0.05) is 56.3 Å². The number of benzene rings is 3. The summed E-state index contributed by atoms with van der Waals surface area (Å²) in [6, 6.07) is 21.0.